The fraction of sp³-hybridized carbons (Fsp3) is 0.929. The van der Waals surface area contributed by atoms with Gasteiger partial charge in [-0.1, -0.05) is 6.92 Å². The third-order valence-electron chi connectivity index (χ3n) is 4.30. The van der Waals surface area contributed by atoms with Crippen molar-refractivity contribution in [3.05, 3.63) is 0 Å². The van der Waals surface area contributed by atoms with Crippen LogP contribution < -0.4 is 5.32 Å². The van der Waals surface area contributed by atoms with Gasteiger partial charge >= 0.3 is 0 Å². The average Bonchev–Trinajstić information content (AvgIpc) is 2.40. The highest BCUT2D eigenvalue weighted by Crippen LogP contribution is 2.19. The molecule has 0 spiro atoms. The van der Waals surface area contributed by atoms with Crippen molar-refractivity contribution in [3.63, 3.8) is 0 Å². The van der Waals surface area contributed by atoms with Crippen LogP contribution in [0.3, 0.4) is 0 Å². The van der Waals surface area contributed by atoms with Crippen LogP contribution in [0, 0.1) is 5.92 Å². The lowest BCUT2D eigenvalue weighted by Crippen LogP contribution is -2.54. The first-order valence-electron chi connectivity index (χ1n) is 7.47. The number of carbonyl (C=O) groups is 1. The molecule has 2 aliphatic heterocycles. The Kier molecular flexibility index (Phi) is 5.01. The molecule has 2 rings (SSSR count). The first-order chi connectivity index (χ1) is 8.72. The van der Waals surface area contributed by atoms with E-state index in [1.54, 1.807) is 0 Å². The van der Waals surface area contributed by atoms with E-state index in [1.165, 1.54) is 13.0 Å². The van der Waals surface area contributed by atoms with Crippen LogP contribution in [0.4, 0.5) is 0 Å². The van der Waals surface area contributed by atoms with Crippen molar-refractivity contribution < 1.29 is 4.79 Å². The van der Waals surface area contributed by atoms with Crippen LogP contribution in [0.15, 0.2) is 0 Å². The number of piperidine rings is 1. The highest BCUT2D eigenvalue weighted by molar-refractivity contribution is 5.79. The summed E-state index contributed by atoms with van der Waals surface area (Å²) in [5.41, 5.74) is 0. The van der Waals surface area contributed by atoms with Crippen molar-refractivity contribution in [2.75, 3.05) is 39.3 Å². The van der Waals surface area contributed by atoms with Crippen molar-refractivity contribution in [3.8, 4) is 0 Å². The van der Waals surface area contributed by atoms with Gasteiger partial charge in [-0.05, 0) is 39.3 Å². The molecule has 0 saturated carbocycles. The van der Waals surface area contributed by atoms with Gasteiger partial charge in [-0.3, -0.25) is 9.69 Å². The largest absolute Gasteiger partial charge is 0.340 e. The monoisotopic (exact) mass is 253 g/mol. The second kappa shape index (κ2) is 6.53. The number of nitrogens with one attached hydrogen (secondary N) is 1. The topological polar surface area (TPSA) is 35.6 Å². The lowest BCUT2D eigenvalue weighted by Gasteiger charge is -2.38. The molecule has 2 atom stereocenters. The van der Waals surface area contributed by atoms with Crippen molar-refractivity contribution >= 4 is 5.91 Å². The van der Waals surface area contributed by atoms with Crippen molar-refractivity contribution in [1.29, 1.82) is 0 Å². The maximum atomic E-state index is 12.5. The molecular formula is C14H27N3O. The SMILES string of the molecule is CCCN1CCN(C(=O)C2CCCNC2C)CC1. The predicted molar refractivity (Wildman–Crippen MR) is 73.5 cm³/mol. The summed E-state index contributed by atoms with van der Waals surface area (Å²) in [7, 11) is 0. The molecular weight excluding hydrogens is 226 g/mol. The van der Waals surface area contributed by atoms with E-state index in [-0.39, 0.29) is 5.92 Å². The van der Waals surface area contributed by atoms with Crippen molar-refractivity contribution in [1.82, 2.24) is 15.1 Å². The maximum absolute atomic E-state index is 12.5. The maximum Gasteiger partial charge on any atom is 0.227 e. The van der Waals surface area contributed by atoms with Crippen LogP contribution in [0.5, 0.6) is 0 Å². The number of nitrogens with zero attached hydrogens (tertiary/aromatic N) is 2. The summed E-state index contributed by atoms with van der Waals surface area (Å²) >= 11 is 0. The Labute approximate surface area is 111 Å². The zero-order valence-corrected chi connectivity index (χ0v) is 11.8. The third-order valence-corrected chi connectivity index (χ3v) is 4.30. The summed E-state index contributed by atoms with van der Waals surface area (Å²) in [5, 5.41) is 3.42. The Morgan fingerprint density at radius 2 is 2.00 bits per heavy atom. The quantitative estimate of drug-likeness (QED) is 0.813. The van der Waals surface area contributed by atoms with Crippen LogP contribution in [0.25, 0.3) is 0 Å². The molecule has 2 unspecified atom stereocenters. The van der Waals surface area contributed by atoms with Crippen LogP contribution in [-0.4, -0.2) is 61.0 Å². The Balaban J connectivity index is 1.83. The molecule has 4 nitrogen and oxygen atoms in total. The number of hydrogen-bond acceptors (Lipinski definition) is 3. The molecule has 0 aromatic rings. The second-order valence-corrected chi connectivity index (χ2v) is 5.66. The van der Waals surface area contributed by atoms with E-state index in [9.17, 15) is 4.79 Å². The number of rotatable bonds is 3. The van der Waals surface area contributed by atoms with E-state index < -0.39 is 0 Å². The van der Waals surface area contributed by atoms with Gasteiger partial charge in [0.15, 0.2) is 0 Å². The van der Waals surface area contributed by atoms with Gasteiger partial charge in [-0.15, -0.1) is 0 Å². The third kappa shape index (κ3) is 3.23. The zero-order chi connectivity index (χ0) is 13.0. The fourth-order valence-corrected chi connectivity index (χ4v) is 3.12. The second-order valence-electron chi connectivity index (χ2n) is 5.66. The number of hydrogen-bond donors (Lipinski definition) is 1. The summed E-state index contributed by atoms with van der Waals surface area (Å²) < 4.78 is 0. The van der Waals surface area contributed by atoms with Crippen LogP contribution >= 0.6 is 0 Å². The molecule has 0 aromatic carbocycles. The number of piperazine rings is 1. The van der Waals surface area contributed by atoms with Gasteiger partial charge in [-0.25, -0.2) is 0 Å². The molecule has 0 radical (unpaired) electrons. The number of amides is 1. The standard InChI is InChI=1S/C14H27N3O/c1-3-7-16-8-10-17(11-9-16)14(18)13-5-4-6-15-12(13)2/h12-13,15H,3-11H2,1-2H3. The van der Waals surface area contributed by atoms with Crippen LogP contribution in [-0.2, 0) is 4.79 Å². The van der Waals surface area contributed by atoms with Crippen molar-refractivity contribution in [2.24, 2.45) is 5.92 Å². The Hall–Kier alpha value is -0.610. The van der Waals surface area contributed by atoms with Gasteiger partial charge in [0, 0.05) is 32.2 Å². The summed E-state index contributed by atoms with van der Waals surface area (Å²) in [6, 6.07) is 0.347. The van der Waals surface area contributed by atoms with E-state index in [0.29, 0.717) is 11.9 Å². The highest BCUT2D eigenvalue weighted by Gasteiger charge is 2.32. The Bertz CT molecular complexity index is 274. The minimum absolute atomic E-state index is 0.205. The highest BCUT2D eigenvalue weighted by atomic mass is 16.2. The van der Waals surface area contributed by atoms with Gasteiger partial charge in [0.2, 0.25) is 5.91 Å². The molecule has 1 amide bonds. The van der Waals surface area contributed by atoms with E-state index in [2.05, 4.69) is 29.0 Å². The summed E-state index contributed by atoms with van der Waals surface area (Å²) in [4.78, 5) is 17.0. The van der Waals surface area contributed by atoms with Gasteiger partial charge in [0.1, 0.15) is 0 Å². The minimum Gasteiger partial charge on any atom is -0.340 e. The zero-order valence-electron chi connectivity index (χ0n) is 11.8. The molecule has 0 aliphatic carbocycles. The molecule has 18 heavy (non-hydrogen) atoms. The van der Waals surface area contributed by atoms with Crippen molar-refractivity contribution in [2.45, 2.75) is 39.2 Å². The molecule has 0 bridgehead atoms. The molecule has 104 valence electrons. The summed E-state index contributed by atoms with van der Waals surface area (Å²) in [5.74, 6) is 0.585. The molecule has 2 saturated heterocycles. The molecule has 1 N–H and O–H groups in total. The lowest BCUT2D eigenvalue weighted by molar-refractivity contribution is -0.139. The summed E-state index contributed by atoms with van der Waals surface area (Å²) in [6.45, 7) is 10.5. The van der Waals surface area contributed by atoms with E-state index >= 15 is 0 Å². The summed E-state index contributed by atoms with van der Waals surface area (Å²) in [6.07, 6.45) is 3.40. The molecule has 2 aliphatic rings. The predicted octanol–water partition coefficient (Wildman–Crippen LogP) is 0.929. The first-order valence-corrected chi connectivity index (χ1v) is 7.47. The normalized spacial score (nSPS) is 30.4. The number of carbonyl (C=O) groups excluding carboxylic acids is 1. The Morgan fingerprint density at radius 3 is 2.61 bits per heavy atom. The van der Waals surface area contributed by atoms with Crippen LogP contribution in [0.1, 0.15) is 33.1 Å². The molecule has 2 heterocycles. The van der Waals surface area contributed by atoms with E-state index in [1.807, 2.05) is 0 Å². The minimum atomic E-state index is 0.205. The molecule has 4 heteroatoms. The fourth-order valence-electron chi connectivity index (χ4n) is 3.12. The van der Waals surface area contributed by atoms with E-state index in [0.717, 1.165) is 45.6 Å². The van der Waals surface area contributed by atoms with Gasteiger partial charge in [-0.2, -0.15) is 0 Å². The van der Waals surface area contributed by atoms with Crippen LogP contribution in [0.2, 0.25) is 0 Å². The van der Waals surface area contributed by atoms with Gasteiger partial charge in [0.25, 0.3) is 0 Å². The first kappa shape index (κ1) is 13.8. The lowest BCUT2D eigenvalue weighted by atomic mass is 9.90. The average molecular weight is 253 g/mol. The molecule has 0 aromatic heterocycles. The van der Waals surface area contributed by atoms with Gasteiger partial charge < -0.3 is 10.2 Å². The van der Waals surface area contributed by atoms with Gasteiger partial charge in [0.05, 0.1) is 5.92 Å². The smallest absolute Gasteiger partial charge is 0.227 e. The molecule has 2 fully saturated rings. The van der Waals surface area contributed by atoms with E-state index in [4.69, 9.17) is 0 Å². The Morgan fingerprint density at radius 1 is 1.28 bits per heavy atom.